The van der Waals surface area contributed by atoms with Gasteiger partial charge < -0.3 is 4.79 Å². The first-order valence-corrected chi connectivity index (χ1v) is 14.5. The van der Waals surface area contributed by atoms with Crippen molar-refractivity contribution < 1.29 is 18.0 Å². The Morgan fingerprint density at radius 3 is 1.76 bits per heavy atom. The predicted molar refractivity (Wildman–Crippen MR) is 133 cm³/mol. The van der Waals surface area contributed by atoms with E-state index in [1.54, 1.807) is 0 Å². The summed E-state index contributed by atoms with van der Waals surface area (Å²) >= 11 is 0. The van der Waals surface area contributed by atoms with Crippen molar-refractivity contribution in [2.45, 2.75) is 122 Å². The van der Waals surface area contributed by atoms with E-state index in [1.165, 1.54) is 77.6 Å². The second-order valence-electron chi connectivity index (χ2n) is 9.15. The maximum Gasteiger partial charge on any atom is 0.234 e. The van der Waals surface area contributed by atoms with Gasteiger partial charge in [0.15, 0.2) is 0 Å². The molecule has 0 bridgehead atoms. The van der Waals surface area contributed by atoms with Crippen molar-refractivity contribution in [2.75, 3.05) is 12.3 Å². The van der Waals surface area contributed by atoms with E-state index >= 15 is 0 Å². The predicted octanol–water partition coefficient (Wildman–Crippen LogP) is 5.87. The van der Waals surface area contributed by atoms with Crippen LogP contribution in [0.1, 0.15) is 122 Å². The molecule has 0 saturated heterocycles. The molecule has 1 N–H and O–H groups in total. The van der Waals surface area contributed by atoms with Crippen molar-refractivity contribution in [1.29, 1.82) is 0 Å². The second kappa shape index (κ2) is 18.7. The number of amides is 1. The lowest BCUT2D eigenvalue weighted by Crippen LogP contribution is -2.32. The molecular formula is C24H44N4O4S. The minimum atomic E-state index is -3.61. The summed E-state index contributed by atoms with van der Waals surface area (Å²) in [6.45, 7) is 2.13. The van der Waals surface area contributed by atoms with E-state index in [-0.39, 0.29) is 30.8 Å². The van der Waals surface area contributed by atoms with E-state index in [0.717, 1.165) is 25.0 Å². The molecular weight excluding hydrogens is 440 g/mol. The van der Waals surface area contributed by atoms with Gasteiger partial charge in [-0.15, -0.1) is 5.10 Å². The Kier molecular flexibility index (Phi) is 16.7. The Hall–Kier alpha value is -1.64. The van der Waals surface area contributed by atoms with Gasteiger partial charge in [0.05, 0.1) is 11.5 Å². The van der Waals surface area contributed by atoms with Crippen LogP contribution in [-0.2, 0) is 19.6 Å². The van der Waals surface area contributed by atoms with Gasteiger partial charge in [-0.2, -0.15) is 5.11 Å². The number of hydrogen-bond acceptors (Lipinski definition) is 7. The van der Waals surface area contributed by atoms with Crippen molar-refractivity contribution in [2.24, 2.45) is 15.4 Å². The molecule has 0 unspecified atom stereocenters. The third-order valence-electron chi connectivity index (χ3n) is 5.83. The zero-order chi connectivity index (χ0) is 24.2. The van der Waals surface area contributed by atoms with E-state index in [4.69, 9.17) is 0 Å². The Morgan fingerprint density at radius 1 is 0.758 bits per heavy atom. The number of hydrogen-bond donors (Lipinski definition) is 1. The van der Waals surface area contributed by atoms with Crippen LogP contribution in [0.3, 0.4) is 0 Å². The molecule has 1 heterocycles. The van der Waals surface area contributed by atoms with Gasteiger partial charge in [-0.1, -0.05) is 77.0 Å². The number of rotatable bonds is 22. The first kappa shape index (κ1) is 29.4. The lowest BCUT2D eigenvalue weighted by atomic mass is 10.0. The third kappa shape index (κ3) is 18.5. The fraction of sp³-hybridized carbons (Fsp3) is 0.875. The Bertz CT molecular complexity index is 720. The van der Waals surface area contributed by atoms with Gasteiger partial charge in [-0.05, 0) is 37.8 Å². The quantitative estimate of drug-likeness (QED) is 0.193. The molecule has 1 aliphatic rings. The molecule has 0 aromatic heterocycles. The fourth-order valence-electron chi connectivity index (χ4n) is 3.89. The standard InChI is InChI=1S/C24H44N4O4S/c1-22(29)17-16-20-33(31,32)27-24(30)19-15-13-11-9-7-5-3-2-4-6-8-10-12-14-18-23-21-25-28-26-23/h2-21H2,1H3,(H,27,30). The van der Waals surface area contributed by atoms with Gasteiger partial charge in [0.2, 0.25) is 15.9 Å². The lowest BCUT2D eigenvalue weighted by Gasteiger charge is -2.06. The molecule has 1 amide bonds. The van der Waals surface area contributed by atoms with E-state index in [0.29, 0.717) is 13.0 Å². The molecule has 0 fully saturated rings. The maximum absolute atomic E-state index is 11.8. The van der Waals surface area contributed by atoms with Gasteiger partial charge in [0.1, 0.15) is 12.3 Å². The van der Waals surface area contributed by atoms with Crippen LogP contribution in [0.15, 0.2) is 15.4 Å². The minimum Gasteiger partial charge on any atom is -0.300 e. The molecule has 1 aliphatic heterocycles. The first-order valence-electron chi connectivity index (χ1n) is 12.8. The first-order chi connectivity index (χ1) is 15.9. The highest BCUT2D eigenvalue weighted by Gasteiger charge is 2.14. The Balaban J connectivity index is 1.80. The van der Waals surface area contributed by atoms with Gasteiger partial charge in [-0.25, -0.2) is 8.42 Å². The summed E-state index contributed by atoms with van der Waals surface area (Å²) in [5, 5.41) is 11.5. The smallest absolute Gasteiger partial charge is 0.234 e. The van der Waals surface area contributed by atoms with Crippen molar-refractivity contribution in [3.63, 3.8) is 0 Å². The largest absolute Gasteiger partial charge is 0.300 e. The minimum absolute atomic E-state index is 0.0429. The molecule has 33 heavy (non-hydrogen) atoms. The van der Waals surface area contributed by atoms with Crippen LogP contribution in [0.5, 0.6) is 0 Å². The maximum atomic E-state index is 11.8. The fourth-order valence-corrected chi connectivity index (χ4v) is 4.97. The summed E-state index contributed by atoms with van der Waals surface area (Å²) in [6.07, 6.45) is 18.6. The molecule has 0 radical (unpaired) electrons. The number of ketones is 1. The van der Waals surface area contributed by atoms with E-state index in [1.807, 2.05) is 0 Å². The van der Waals surface area contributed by atoms with Gasteiger partial charge >= 0.3 is 0 Å². The Labute approximate surface area is 200 Å². The zero-order valence-electron chi connectivity index (χ0n) is 20.5. The van der Waals surface area contributed by atoms with Crippen LogP contribution in [0, 0.1) is 0 Å². The SMILES string of the molecule is CC(=O)CCCS(=O)(=O)NC(=O)CCCCCCCCCCCCCCCCC1=NN=NC1. The summed E-state index contributed by atoms with van der Waals surface area (Å²) in [5.74, 6) is -0.657. The zero-order valence-corrected chi connectivity index (χ0v) is 21.3. The van der Waals surface area contributed by atoms with Crippen LogP contribution < -0.4 is 4.72 Å². The summed E-state index contributed by atoms with van der Waals surface area (Å²) < 4.78 is 25.7. The highest BCUT2D eigenvalue weighted by molar-refractivity contribution is 7.90. The molecule has 0 aromatic carbocycles. The monoisotopic (exact) mass is 484 g/mol. The van der Waals surface area contributed by atoms with Gasteiger partial charge in [0.25, 0.3) is 0 Å². The molecule has 1 rings (SSSR count). The summed E-state index contributed by atoms with van der Waals surface area (Å²) in [5.41, 5.74) is 1.13. The molecule has 8 nitrogen and oxygen atoms in total. The van der Waals surface area contributed by atoms with Crippen LogP contribution in [0.25, 0.3) is 0 Å². The van der Waals surface area contributed by atoms with E-state index < -0.39 is 15.9 Å². The van der Waals surface area contributed by atoms with E-state index in [2.05, 4.69) is 20.2 Å². The normalized spacial score (nSPS) is 13.3. The molecule has 0 spiro atoms. The molecule has 190 valence electrons. The van der Waals surface area contributed by atoms with Crippen molar-refractivity contribution >= 4 is 27.4 Å². The number of unbranched alkanes of at least 4 members (excludes halogenated alkanes) is 13. The lowest BCUT2D eigenvalue weighted by molar-refractivity contribution is -0.119. The number of nitrogens with one attached hydrogen (secondary N) is 1. The van der Waals surface area contributed by atoms with Crippen LogP contribution in [-0.4, -0.2) is 38.1 Å². The number of sulfonamides is 1. The average Bonchev–Trinajstić information content (AvgIpc) is 3.26. The number of carbonyl (C=O) groups is 2. The topological polar surface area (TPSA) is 117 Å². The van der Waals surface area contributed by atoms with Gasteiger partial charge in [-0.3, -0.25) is 9.52 Å². The van der Waals surface area contributed by atoms with Crippen LogP contribution >= 0.6 is 0 Å². The summed E-state index contributed by atoms with van der Waals surface area (Å²) in [6, 6.07) is 0. The average molecular weight is 485 g/mol. The molecule has 0 saturated carbocycles. The second-order valence-corrected chi connectivity index (χ2v) is 11.0. The van der Waals surface area contributed by atoms with Crippen LogP contribution in [0.2, 0.25) is 0 Å². The highest BCUT2D eigenvalue weighted by Crippen LogP contribution is 2.14. The highest BCUT2D eigenvalue weighted by atomic mass is 32.2. The molecule has 9 heteroatoms. The molecule has 0 aliphatic carbocycles. The molecule has 0 aromatic rings. The Morgan fingerprint density at radius 2 is 1.27 bits per heavy atom. The van der Waals surface area contributed by atoms with Crippen molar-refractivity contribution in [1.82, 2.24) is 4.72 Å². The van der Waals surface area contributed by atoms with E-state index in [9.17, 15) is 18.0 Å². The number of nitrogens with zero attached hydrogens (tertiary/aromatic N) is 3. The molecule has 0 atom stereocenters. The van der Waals surface area contributed by atoms with Crippen LogP contribution in [0.4, 0.5) is 0 Å². The number of carbonyl (C=O) groups excluding carboxylic acids is 2. The summed E-state index contributed by atoms with van der Waals surface area (Å²) in [4.78, 5) is 22.6. The van der Waals surface area contributed by atoms with Gasteiger partial charge in [0, 0.05) is 12.8 Å². The van der Waals surface area contributed by atoms with Crippen molar-refractivity contribution in [3.05, 3.63) is 0 Å². The summed E-state index contributed by atoms with van der Waals surface area (Å²) in [7, 11) is -3.61. The van der Waals surface area contributed by atoms with Crippen molar-refractivity contribution in [3.8, 4) is 0 Å². The third-order valence-corrected chi connectivity index (χ3v) is 7.20. The number of Topliss-reactive ketones (excluding diaryl/α,β-unsaturated/α-hetero) is 1.